The van der Waals surface area contributed by atoms with E-state index in [2.05, 4.69) is 61.6 Å². The van der Waals surface area contributed by atoms with Crippen molar-refractivity contribution < 1.29 is 14.2 Å². The van der Waals surface area contributed by atoms with Crippen LogP contribution >= 0.6 is 0 Å². The van der Waals surface area contributed by atoms with Gasteiger partial charge in [0.2, 0.25) is 0 Å². The fraction of sp³-hybridized carbons (Fsp3) is 1.00. The molecule has 0 spiro atoms. The van der Waals surface area contributed by atoms with Crippen LogP contribution in [0.25, 0.3) is 0 Å². The van der Waals surface area contributed by atoms with E-state index >= 15 is 0 Å². The van der Waals surface area contributed by atoms with Crippen molar-refractivity contribution in [2.24, 2.45) is 29.6 Å². The highest BCUT2D eigenvalue weighted by atomic mass is 16.5. The topological polar surface area (TPSA) is 49.4 Å². The van der Waals surface area contributed by atoms with Crippen molar-refractivity contribution >= 4 is 0 Å². The molecule has 4 fully saturated rings. The lowest BCUT2D eigenvalue weighted by Crippen LogP contribution is -2.41. The summed E-state index contributed by atoms with van der Waals surface area (Å²) in [5.74, 6) is 4.40. The summed E-state index contributed by atoms with van der Waals surface area (Å²) in [5, 5.41) is 3.41. The van der Waals surface area contributed by atoms with Gasteiger partial charge in [-0.25, -0.2) is 0 Å². The van der Waals surface area contributed by atoms with E-state index in [-0.39, 0.29) is 0 Å². The van der Waals surface area contributed by atoms with Crippen LogP contribution in [0.5, 0.6) is 0 Å². The summed E-state index contributed by atoms with van der Waals surface area (Å²) in [4.78, 5) is 7.73. The van der Waals surface area contributed by atoms with Crippen LogP contribution in [0.1, 0.15) is 113 Å². The molecule has 274 valence electrons. The van der Waals surface area contributed by atoms with Crippen molar-refractivity contribution in [3.63, 3.8) is 0 Å². The minimum atomic E-state index is 0.443. The molecule has 46 heavy (non-hydrogen) atoms. The summed E-state index contributed by atoms with van der Waals surface area (Å²) in [7, 11) is 0. The molecule has 1 N–H and O–H groups in total. The Kier molecular flexibility index (Phi) is 23.4. The third-order valence-electron chi connectivity index (χ3n) is 11.1. The molecule has 4 heterocycles. The predicted octanol–water partition coefficient (Wildman–Crippen LogP) is 7.05. The average Bonchev–Trinajstić information content (AvgIpc) is 3.08. The molecule has 0 aromatic heterocycles. The highest BCUT2D eigenvalue weighted by molar-refractivity contribution is 4.76. The Labute approximate surface area is 287 Å². The Bertz CT molecular complexity index is 647. The quantitative estimate of drug-likeness (QED) is 0.180. The van der Waals surface area contributed by atoms with Gasteiger partial charge in [-0.1, -0.05) is 41.5 Å². The maximum absolute atomic E-state index is 5.98. The number of ether oxygens (including phenoxy) is 3. The smallest absolute Gasteiger partial charge is 0.0704 e. The summed E-state index contributed by atoms with van der Waals surface area (Å²) < 4.78 is 17.6. The molecular formula is C39H80N4O3. The zero-order valence-corrected chi connectivity index (χ0v) is 32.1. The van der Waals surface area contributed by atoms with E-state index in [1.165, 1.54) is 117 Å². The normalized spacial score (nSPS) is 22.2. The van der Waals surface area contributed by atoms with Crippen LogP contribution in [0.3, 0.4) is 0 Å². The summed E-state index contributed by atoms with van der Waals surface area (Å²) in [5.41, 5.74) is 0. The molecule has 7 heteroatoms. The summed E-state index contributed by atoms with van der Waals surface area (Å²) in [6, 6.07) is 0.667. The van der Waals surface area contributed by atoms with Crippen LogP contribution in [-0.4, -0.2) is 125 Å². The third-order valence-corrected chi connectivity index (χ3v) is 11.1. The second-order valence-corrected chi connectivity index (χ2v) is 15.3. The van der Waals surface area contributed by atoms with Crippen molar-refractivity contribution in [3.8, 4) is 0 Å². The first-order valence-electron chi connectivity index (χ1n) is 20.0. The van der Waals surface area contributed by atoms with Gasteiger partial charge in [-0.2, -0.15) is 0 Å². The van der Waals surface area contributed by atoms with Gasteiger partial charge in [0.25, 0.3) is 0 Å². The first-order chi connectivity index (χ1) is 22.3. The fourth-order valence-corrected chi connectivity index (χ4v) is 7.50. The third kappa shape index (κ3) is 17.9. The second kappa shape index (κ2) is 25.7. The van der Waals surface area contributed by atoms with Crippen molar-refractivity contribution in [2.45, 2.75) is 125 Å². The van der Waals surface area contributed by atoms with E-state index in [0.717, 1.165) is 69.2 Å². The fourth-order valence-electron chi connectivity index (χ4n) is 7.50. The van der Waals surface area contributed by atoms with Crippen molar-refractivity contribution in [1.29, 1.82) is 0 Å². The largest absolute Gasteiger partial charge is 0.381 e. The van der Waals surface area contributed by atoms with E-state index in [9.17, 15) is 0 Å². The van der Waals surface area contributed by atoms with Crippen LogP contribution in [0, 0.1) is 29.6 Å². The Morgan fingerprint density at radius 3 is 1.65 bits per heavy atom. The van der Waals surface area contributed by atoms with Gasteiger partial charge < -0.3 is 34.2 Å². The molecule has 4 saturated heterocycles. The molecule has 0 radical (unpaired) electrons. The van der Waals surface area contributed by atoms with Crippen LogP contribution in [0.4, 0.5) is 0 Å². The van der Waals surface area contributed by atoms with E-state index in [0.29, 0.717) is 12.1 Å². The molecule has 0 saturated carbocycles. The van der Waals surface area contributed by atoms with Crippen molar-refractivity contribution in [3.05, 3.63) is 0 Å². The predicted molar refractivity (Wildman–Crippen MR) is 197 cm³/mol. The summed E-state index contributed by atoms with van der Waals surface area (Å²) in [6.45, 7) is 34.4. The van der Waals surface area contributed by atoms with E-state index in [4.69, 9.17) is 14.2 Å². The van der Waals surface area contributed by atoms with Gasteiger partial charge in [0.1, 0.15) is 0 Å². The van der Waals surface area contributed by atoms with Gasteiger partial charge in [0.15, 0.2) is 0 Å². The van der Waals surface area contributed by atoms with Gasteiger partial charge in [-0.3, -0.25) is 0 Å². The Hall–Kier alpha value is -0.280. The molecule has 0 aromatic carbocycles. The molecule has 0 bridgehead atoms. The van der Waals surface area contributed by atoms with Crippen LogP contribution in [-0.2, 0) is 14.2 Å². The van der Waals surface area contributed by atoms with Crippen LogP contribution < -0.4 is 5.32 Å². The molecule has 0 aromatic rings. The monoisotopic (exact) mass is 653 g/mol. The van der Waals surface area contributed by atoms with Gasteiger partial charge in [-0.15, -0.1) is 0 Å². The van der Waals surface area contributed by atoms with Crippen molar-refractivity contribution in [1.82, 2.24) is 20.0 Å². The van der Waals surface area contributed by atoms with Crippen LogP contribution in [0.2, 0.25) is 0 Å². The van der Waals surface area contributed by atoms with Gasteiger partial charge in [0.05, 0.1) is 25.9 Å². The summed E-state index contributed by atoms with van der Waals surface area (Å²) in [6.07, 6.45) is 12.1. The minimum Gasteiger partial charge on any atom is -0.381 e. The first-order valence-corrected chi connectivity index (χ1v) is 20.0. The lowest BCUT2D eigenvalue weighted by atomic mass is 9.87. The number of hydrogen-bond acceptors (Lipinski definition) is 7. The van der Waals surface area contributed by atoms with Crippen LogP contribution in [0.15, 0.2) is 0 Å². The minimum absolute atomic E-state index is 0.443. The molecular weight excluding hydrogens is 572 g/mol. The maximum atomic E-state index is 5.98. The molecule has 0 unspecified atom stereocenters. The standard InChI is InChI=1S/C20H40N2O2.C17H34N2O.C2H6/c1-17(2)19-5-9-21(10-6-19)13-14-23-15-16-24-20-7-11-22(12-8-20)18(3)4;1-15(2)17-6-11-19(12-7-17)10-3-13-20-14-16-4-8-18-9-5-16;1-2/h17-20H,5-16H2,1-4H3;15-18H,3-14H2,1-2H3;1-2H3. The van der Waals surface area contributed by atoms with Gasteiger partial charge in [-0.05, 0) is 140 Å². The average molecular weight is 653 g/mol. The maximum Gasteiger partial charge on any atom is 0.0704 e. The van der Waals surface area contributed by atoms with Gasteiger partial charge in [0, 0.05) is 45.4 Å². The van der Waals surface area contributed by atoms with Gasteiger partial charge >= 0.3 is 0 Å². The first kappa shape index (κ1) is 41.9. The highest BCUT2D eigenvalue weighted by Gasteiger charge is 2.23. The summed E-state index contributed by atoms with van der Waals surface area (Å²) >= 11 is 0. The van der Waals surface area contributed by atoms with E-state index in [1.54, 1.807) is 0 Å². The molecule has 7 nitrogen and oxygen atoms in total. The Morgan fingerprint density at radius 1 is 0.587 bits per heavy atom. The lowest BCUT2D eigenvalue weighted by Gasteiger charge is -2.34. The van der Waals surface area contributed by atoms with Crippen molar-refractivity contribution in [2.75, 3.05) is 98.5 Å². The lowest BCUT2D eigenvalue weighted by molar-refractivity contribution is -0.0289. The molecule has 0 aliphatic carbocycles. The number of rotatable bonds is 16. The Morgan fingerprint density at radius 2 is 1.13 bits per heavy atom. The SMILES string of the molecule is CC.CC(C)C1CCN(CCCOCC2CCNCC2)CC1.CC(C)C1CCN(CCOCCOC2CCN(C(C)C)CC2)CC1. The number of likely N-dealkylation sites (tertiary alicyclic amines) is 3. The number of piperidine rings is 4. The molecule has 0 amide bonds. The number of hydrogen-bond donors (Lipinski definition) is 1. The zero-order chi connectivity index (χ0) is 33.6. The van der Waals surface area contributed by atoms with E-state index < -0.39 is 0 Å². The second-order valence-electron chi connectivity index (χ2n) is 15.3. The highest BCUT2D eigenvalue weighted by Crippen LogP contribution is 2.25. The number of nitrogens with zero attached hydrogens (tertiary/aromatic N) is 3. The van der Waals surface area contributed by atoms with E-state index in [1.807, 2.05) is 13.8 Å². The molecule has 4 aliphatic rings. The Balaban J connectivity index is 0.000000308. The molecule has 4 aliphatic heterocycles. The number of nitrogens with one attached hydrogen (secondary N) is 1. The molecule has 0 atom stereocenters. The molecule has 4 rings (SSSR count). The zero-order valence-electron chi connectivity index (χ0n) is 32.1.